The predicted molar refractivity (Wildman–Crippen MR) is 122 cm³/mol. The Balaban J connectivity index is 2.60. The van der Waals surface area contributed by atoms with Crippen LogP contribution >= 0.6 is 0 Å². The topological polar surface area (TPSA) is 39.3 Å². The maximum absolute atomic E-state index is 3.80. The third-order valence-corrected chi connectivity index (χ3v) is 6.28. The molecule has 0 spiro atoms. The van der Waals surface area contributed by atoms with E-state index in [9.17, 15) is 0 Å². The molecule has 26 heavy (non-hydrogen) atoms. The van der Waals surface area contributed by atoms with Gasteiger partial charge in [-0.15, -0.1) is 0 Å². The Hall–Kier alpha value is -1.09. The van der Waals surface area contributed by atoms with Crippen LogP contribution in [0, 0.1) is 0 Å². The number of benzene rings is 1. The van der Waals surface area contributed by atoms with E-state index in [0.29, 0.717) is 0 Å². The van der Waals surface area contributed by atoms with Crippen LogP contribution in [-0.2, 0) is 0 Å². The summed E-state index contributed by atoms with van der Waals surface area (Å²) in [5.74, 6) is 0. The van der Waals surface area contributed by atoms with Crippen molar-refractivity contribution in [3.05, 3.63) is 41.6 Å². The van der Waals surface area contributed by atoms with Gasteiger partial charge in [-0.1, -0.05) is 69.6 Å². The molecule has 0 amide bonds. The number of likely N-dealkylation sites (N-methyl/N-ethyl adjacent to an activating group) is 1. The second-order valence-corrected chi connectivity index (χ2v) is 18.8. The molecule has 0 saturated heterocycles. The van der Waals surface area contributed by atoms with Crippen molar-refractivity contribution in [1.29, 1.82) is 0 Å². The summed E-state index contributed by atoms with van der Waals surface area (Å²) in [7, 11) is -0.378. The van der Waals surface area contributed by atoms with Crippen molar-refractivity contribution in [3.63, 3.8) is 0 Å². The number of rotatable bonds is 11. The molecule has 0 fully saturated rings. The maximum atomic E-state index is 3.80. The molecule has 0 atom stereocenters. The van der Waals surface area contributed by atoms with E-state index in [1.807, 2.05) is 0 Å². The molecule has 0 bridgehead atoms. The SMILES string of the molecule is C/C(NCCN(C)CCN[Si](C)(C)C)=C(/N[Si](C)(C)C)c1ccccc1. The van der Waals surface area contributed by atoms with Crippen molar-refractivity contribution in [3.8, 4) is 0 Å². The summed E-state index contributed by atoms with van der Waals surface area (Å²) in [5.41, 5.74) is 3.73. The normalized spacial score (nSPS) is 13.6. The van der Waals surface area contributed by atoms with Gasteiger partial charge in [-0.2, -0.15) is 0 Å². The first kappa shape index (κ1) is 23.0. The molecule has 0 aliphatic heterocycles. The van der Waals surface area contributed by atoms with E-state index in [1.54, 1.807) is 0 Å². The summed E-state index contributed by atoms with van der Waals surface area (Å²) in [6.07, 6.45) is 0. The van der Waals surface area contributed by atoms with E-state index in [2.05, 4.69) is 104 Å². The van der Waals surface area contributed by atoms with E-state index in [4.69, 9.17) is 0 Å². The Morgan fingerprint density at radius 2 is 1.46 bits per heavy atom. The van der Waals surface area contributed by atoms with Gasteiger partial charge in [-0.3, -0.25) is 0 Å². The van der Waals surface area contributed by atoms with Crippen molar-refractivity contribution in [2.75, 3.05) is 33.2 Å². The lowest BCUT2D eigenvalue weighted by molar-refractivity contribution is 0.340. The van der Waals surface area contributed by atoms with Gasteiger partial charge in [-0.25, -0.2) is 0 Å². The van der Waals surface area contributed by atoms with E-state index >= 15 is 0 Å². The molecule has 1 aromatic carbocycles. The van der Waals surface area contributed by atoms with Crippen LogP contribution in [0.1, 0.15) is 12.5 Å². The molecule has 148 valence electrons. The molecule has 0 aliphatic rings. The van der Waals surface area contributed by atoms with E-state index in [1.165, 1.54) is 17.0 Å². The number of allylic oxidation sites excluding steroid dienone is 1. The summed E-state index contributed by atoms with van der Waals surface area (Å²) in [6.45, 7) is 20.4. The molecule has 6 heteroatoms. The van der Waals surface area contributed by atoms with Gasteiger partial charge in [0.15, 0.2) is 0 Å². The molecule has 0 radical (unpaired) electrons. The zero-order valence-electron chi connectivity index (χ0n) is 18.2. The largest absolute Gasteiger partial charge is 0.409 e. The second kappa shape index (κ2) is 10.3. The Morgan fingerprint density at radius 3 is 2.00 bits per heavy atom. The summed E-state index contributed by atoms with van der Waals surface area (Å²) in [5, 5.41) is 3.63. The Labute approximate surface area is 163 Å². The van der Waals surface area contributed by atoms with Crippen LogP contribution in [0.5, 0.6) is 0 Å². The molecular formula is C20H40N4Si2. The van der Waals surface area contributed by atoms with Crippen molar-refractivity contribution in [1.82, 2.24) is 20.2 Å². The van der Waals surface area contributed by atoms with Gasteiger partial charge in [-0.05, 0) is 19.5 Å². The molecule has 0 aromatic heterocycles. The summed E-state index contributed by atoms with van der Waals surface area (Å²) in [4.78, 5) is 9.87. The third kappa shape index (κ3) is 10.2. The van der Waals surface area contributed by atoms with Crippen LogP contribution in [0.4, 0.5) is 0 Å². The highest BCUT2D eigenvalue weighted by molar-refractivity contribution is 6.74. The molecule has 1 rings (SSSR count). The molecule has 0 unspecified atom stereocenters. The zero-order valence-corrected chi connectivity index (χ0v) is 20.2. The van der Waals surface area contributed by atoms with Crippen LogP contribution in [0.15, 0.2) is 36.0 Å². The van der Waals surface area contributed by atoms with E-state index in [0.717, 1.165) is 26.2 Å². The highest BCUT2D eigenvalue weighted by Crippen LogP contribution is 2.17. The zero-order chi connectivity index (χ0) is 19.8. The minimum atomic E-state index is -1.43. The first-order valence-electron chi connectivity index (χ1n) is 9.70. The lowest BCUT2D eigenvalue weighted by atomic mass is 10.1. The number of hydrogen-bond acceptors (Lipinski definition) is 4. The number of nitrogens with zero attached hydrogens (tertiary/aromatic N) is 1. The quantitative estimate of drug-likeness (QED) is 0.502. The summed E-state index contributed by atoms with van der Waals surface area (Å²) >= 11 is 0. The minimum absolute atomic E-state index is 0.957. The van der Waals surface area contributed by atoms with Crippen LogP contribution < -0.4 is 15.3 Å². The second-order valence-electron chi connectivity index (χ2n) is 9.15. The fourth-order valence-electron chi connectivity index (χ4n) is 2.62. The van der Waals surface area contributed by atoms with Crippen LogP contribution in [0.25, 0.3) is 5.70 Å². The average Bonchev–Trinajstić information content (AvgIpc) is 2.51. The summed E-state index contributed by atoms with van der Waals surface area (Å²) in [6, 6.07) is 10.6. The van der Waals surface area contributed by atoms with Crippen LogP contribution in [-0.4, -0.2) is 54.6 Å². The van der Waals surface area contributed by atoms with Gasteiger partial charge in [0.2, 0.25) is 0 Å². The monoisotopic (exact) mass is 392 g/mol. The van der Waals surface area contributed by atoms with Gasteiger partial charge in [0, 0.05) is 31.9 Å². The third-order valence-electron chi connectivity index (χ3n) is 3.97. The van der Waals surface area contributed by atoms with E-state index < -0.39 is 16.5 Å². The Kier molecular flexibility index (Phi) is 9.09. The minimum Gasteiger partial charge on any atom is -0.409 e. The molecule has 0 aliphatic carbocycles. The highest BCUT2D eigenvalue weighted by Gasteiger charge is 2.17. The highest BCUT2D eigenvalue weighted by atomic mass is 28.3. The van der Waals surface area contributed by atoms with Gasteiger partial charge < -0.3 is 20.2 Å². The lowest BCUT2D eigenvalue weighted by Crippen LogP contribution is -2.45. The standard InChI is InChI=1S/C20H40N4Si2/c1-18(21-14-16-24(2)17-15-22-25(3,4)5)20(23-26(6,7)8)19-12-10-9-11-13-19/h9-13,21-23H,14-17H2,1-8H3/b20-18-. The lowest BCUT2D eigenvalue weighted by Gasteiger charge is -2.26. The van der Waals surface area contributed by atoms with Gasteiger partial charge in [0.25, 0.3) is 0 Å². The fraction of sp³-hybridized carbons (Fsp3) is 0.600. The van der Waals surface area contributed by atoms with Gasteiger partial charge in [0.1, 0.15) is 16.5 Å². The van der Waals surface area contributed by atoms with Crippen LogP contribution in [0.3, 0.4) is 0 Å². The van der Waals surface area contributed by atoms with Crippen molar-refractivity contribution < 1.29 is 0 Å². The van der Waals surface area contributed by atoms with Crippen molar-refractivity contribution >= 4 is 22.2 Å². The summed E-state index contributed by atoms with van der Waals surface area (Å²) < 4.78 is 0. The molecule has 4 nitrogen and oxygen atoms in total. The Morgan fingerprint density at radius 1 is 0.885 bits per heavy atom. The molecule has 1 aromatic rings. The molecular weight excluding hydrogens is 352 g/mol. The van der Waals surface area contributed by atoms with Crippen molar-refractivity contribution in [2.45, 2.75) is 46.2 Å². The first-order valence-corrected chi connectivity index (χ1v) is 16.7. The smallest absolute Gasteiger partial charge is 0.144 e. The fourth-order valence-corrected chi connectivity index (χ4v) is 4.56. The predicted octanol–water partition coefficient (Wildman–Crippen LogP) is 3.75. The molecule has 0 saturated carbocycles. The first-order chi connectivity index (χ1) is 12.0. The Bertz CT molecular complexity index is 559. The van der Waals surface area contributed by atoms with Crippen LogP contribution in [0.2, 0.25) is 39.3 Å². The van der Waals surface area contributed by atoms with Gasteiger partial charge in [0.05, 0.1) is 5.70 Å². The van der Waals surface area contributed by atoms with Gasteiger partial charge >= 0.3 is 0 Å². The number of nitrogens with one attached hydrogen (secondary N) is 3. The van der Waals surface area contributed by atoms with E-state index in [-0.39, 0.29) is 0 Å². The number of hydrogen-bond donors (Lipinski definition) is 3. The average molecular weight is 393 g/mol. The molecule has 3 N–H and O–H groups in total. The van der Waals surface area contributed by atoms with Crippen molar-refractivity contribution in [2.24, 2.45) is 0 Å². The molecule has 0 heterocycles. The maximum Gasteiger partial charge on any atom is 0.144 e.